The second-order valence-corrected chi connectivity index (χ2v) is 7.25. The number of nitrogens with zero attached hydrogens (tertiary/aromatic N) is 3. The number of pyridine rings is 1. The minimum absolute atomic E-state index is 0.266. The Kier molecular flexibility index (Phi) is 4.48. The van der Waals surface area contributed by atoms with Gasteiger partial charge in [0.1, 0.15) is 17.3 Å². The number of morpholine rings is 1. The molecule has 0 bridgehead atoms. The SMILES string of the molecule is C[C@@H]1COCCN1c1cc(-c2cccs2)c2ccn(C(N)=CC=N)c2n1. The van der Waals surface area contributed by atoms with E-state index >= 15 is 0 Å². The van der Waals surface area contributed by atoms with E-state index in [1.807, 2.05) is 16.8 Å². The Morgan fingerprint density at radius 3 is 3.08 bits per heavy atom. The van der Waals surface area contributed by atoms with Gasteiger partial charge < -0.3 is 20.8 Å². The molecule has 0 saturated carbocycles. The van der Waals surface area contributed by atoms with Gasteiger partial charge in [-0.3, -0.25) is 4.57 Å². The maximum Gasteiger partial charge on any atom is 0.148 e. The van der Waals surface area contributed by atoms with Crippen molar-refractivity contribution in [2.75, 3.05) is 24.7 Å². The predicted molar refractivity (Wildman–Crippen MR) is 108 cm³/mol. The van der Waals surface area contributed by atoms with E-state index in [1.54, 1.807) is 17.4 Å². The first-order valence-electron chi connectivity index (χ1n) is 8.56. The second kappa shape index (κ2) is 6.93. The number of hydrogen-bond acceptors (Lipinski definition) is 6. The summed E-state index contributed by atoms with van der Waals surface area (Å²) in [7, 11) is 0. The number of ether oxygens (including phenoxy) is 1. The highest BCUT2D eigenvalue weighted by atomic mass is 32.1. The molecule has 0 aromatic carbocycles. The number of nitrogens with one attached hydrogen (secondary N) is 1. The monoisotopic (exact) mass is 367 g/mol. The Morgan fingerprint density at radius 2 is 2.35 bits per heavy atom. The Labute approximate surface area is 156 Å². The standard InChI is InChI=1S/C19H21N5OS/c1-13-12-25-9-8-23(13)18-11-15(16-3-2-10-26-16)14-5-7-24(19(14)22-18)17(21)4-6-20/h2-7,10-11,13,20H,8-9,12,21H2,1H3/t13-/m1/s1. The van der Waals surface area contributed by atoms with Gasteiger partial charge in [-0.2, -0.15) is 0 Å². The summed E-state index contributed by atoms with van der Waals surface area (Å²) < 4.78 is 7.42. The lowest BCUT2D eigenvalue weighted by atomic mass is 10.1. The largest absolute Gasteiger partial charge is 0.385 e. The molecule has 1 saturated heterocycles. The van der Waals surface area contributed by atoms with Crippen molar-refractivity contribution in [3.05, 3.63) is 41.9 Å². The summed E-state index contributed by atoms with van der Waals surface area (Å²) in [6.07, 6.45) is 4.67. The van der Waals surface area contributed by atoms with Crippen molar-refractivity contribution < 1.29 is 4.74 Å². The molecule has 3 aromatic rings. The van der Waals surface area contributed by atoms with Crippen LogP contribution in [-0.2, 0) is 4.74 Å². The average molecular weight is 367 g/mol. The summed E-state index contributed by atoms with van der Waals surface area (Å²) in [5.74, 6) is 1.41. The first-order valence-corrected chi connectivity index (χ1v) is 9.44. The van der Waals surface area contributed by atoms with E-state index in [1.165, 1.54) is 11.1 Å². The van der Waals surface area contributed by atoms with Gasteiger partial charge >= 0.3 is 0 Å². The molecule has 1 aliphatic heterocycles. The highest BCUT2D eigenvalue weighted by molar-refractivity contribution is 7.13. The van der Waals surface area contributed by atoms with Crippen LogP contribution < -0.4 is 10.6 Å². The third kappa shape index (κ3) is 2.89. The number of hydrogen-bond donors (Lipinski definition) is 2. The van der Waals surface area contributed by atoms with E-state index in [4.69, 9.17) is 20.9 Å². The summed E-state index contributed by atoms with van der Waals surface area (Å²) in [4.78, 5) is 8.41. The van der Waals surface area contributed by atoms with Gasteiger partial charge in [-0.15, -0.1) is 11.3 Å². The minimum atomic E-state index is 0.266. The van der Waals surface area contributed by atoms with Gasteiger partial charge in [0, 0.05) is 34.8 Å². The molecule has 6 nitrogen and oxygen atoms in total. The lowest BCUT2D eigenvalue weighted by Gasteiger charge is -2.34. The lowest BCUT2D eigenvalue weighted by molar-refractivity contribution is 0.0986. The molecule has 0 radical (unpaired) electrons. The van der Waals surface area contributed by atoms with Gasteiger partial charge in [0.15, 0.2) is 0 Å². The van der Waals surface area contributed by atoms with Gasteiger partial charge in [-0.1, -0.05) is 6.07 Å². The van der Waals surface area contributed by atoms with E-state index in [0.29, 0.717) is 19.0 Å². The maximum atomic E-state index is 7.29. The van der Waals surface area contributed by atoms with Crippen LogP contribution in [0.2, 0.25) is 0 Å². The Morgan fingerprint density at radius 1 is 1.46 bits per heavy atom. The molecular formula is C19H21N5OS. The maximum absolute atomic E-state index is 7.29. The van der Waals surface area contributed by atoms with Gasteiger partial charge in [-0.25, -0.2) is 4.98 Å². The van der Waals surface area contributed by atoms with Crippen molar-refractivity contribution in [1.82, 2.24) is 9.55 Å². The number of rotatable bonds is 4. The second-order valence-electron chi connectivity index (χ2n) is 6.30. The summed E-state index contributed by atoms with van der Waals surface area (Å²) in [5.41, 5.74) is 8.10. The van der Waals surface area contributed by atoms with E-state index in [0.717, 1.165) is 29.0 Å². The van der Waals surface area contributed by atoms with Crippen molar-refractivity contribution in [3.63, 3.8) is 0 Å². The van der Waals surface area contributed by atoms with Crippen molar-refractivity contribution in [2.45, 2.75) is 13.0 Å². The zero-order valence-electron chi connectivity index (χ0n) is 14.6. The topological polar surface area (TPSA) is 80.2 Å². The Hall–Kier alpha value is -2.64. The molecule has 26 heavy (non-hydrogen) atoms. The molecular weight excluding hydrogens is 346 g/mol. The number of thiophene rings is 1. The van der Waals surface area contributed by atoms with Crippen LogP contribution in [0.3, 0.4) is 0 Å². The van der Waals surface area contributed by atoms with Gasteiger partial charge in [0.2, 0.25) is 0 Å². The molecule has 4 rings (SSSR count). The van der Waals surface area contributed by atoms with Crippen LogP contribution in [0.1, 0.15) is 6.92 Å². The fraction of sp³-hybridized carbons (Fsp3) is 0.263. The van der Waals surface area contributed by atoms with E-state index < -0.39 is 0 Å². The van der Waals surface area contributed by atoms with Crippen molar-refractivity contribution in [1.29, 1.82) is 5.41 Å². The van der Waals surface area contributed by atoms with Gasteiger partial charge in [0.05, 0.1) is 19.3 Å². The Bertz CT molecular complexity index is 960. The molecule has 3 N–H and O–H groups in total. The molecule has 0 unspecified atom stereocenters. The molecule has 1 aliphatic rings. The van der Waals surface area contributed by atoms with Gasteiger partial charge in [0.25, 0.3) is 0 Å². The third-order valence-electron chi connectivity index (χ3n) is 4.62. The zero-order valence-corrected chi connectivity index (χ0v) is 15.4. The number of fused-ring (bicyclic) bond motifs is 1. The van der Waals surface area contributed by atoms with Crippen LogP contribution in [0.4, 0.5) is 5.82 Å². The van der Waals surface area contributed by atoms with Crippen molar-refractivity contribution in [2.24, 2.45) is 5.73 Å². The lowest BCUT2D eigenvalue weighted by Crippen LogP contribution is -2.44. The number of aromatic nitrogens is 2. The highest BCUT2D eigenvalue weighted by Crippen LogP contribution is 2.35. The molecule has 1 fully saturated rings. The molecule has 0 spiro atoms. The number of anilines is 1. The fourth-order valence-electron chi connectivity index (χ4n) is 3.32. The zero-order chi connectivity index (χ0) is 18.1. The fourth-order valence-corrected chi connectivity index (χ4v) is 4.08. The van der Waals surface area contributed by atoms with Crippen LogP contribution in [-0.4, -0.2) is 41.6 Å². The summed E-state index contributed by atoms with van der Waals surface area (Å²) in [6, 6.07) is 8.65. The molecule has 4 heterocycles. The molecule has 1 atom stereocenters. The summed E-state index contributed by atoms with van der Waals surface area (Å²) in [6.45, 7) is 4.37. The first kappa shape index (κ1) is 16.8. The quantitative estimate of drug-likeness (QED) is 0.693. The van der Waals surface area contributed by atoms with Crippen molar-refractivity contribution in [3.8, 4) is 10.4 Å². The number of nitrogens with two attached hydrogens (primary N) is 1. The van der Waals surface area contributed by atoms with E-state index in [9.17, 15) is 0 Å². The normalized spacial score (nSPS) is 18.4. The van der Waals surface area contributed by atoms with Crippen LogP contribution >= 0.6 is 11.3 Å². The van der Waals surface area contributed by atoms with Gasteiger partial charge in [-0.05, 0) is 36.6 Å². The molecule has 134 valence electrons. The Balaban J connectivity index is 1.94. The summed E-state index contributed by atoms with van der Waals surface area (Å²) >= 11 is 1.71. The predicted octanol–water partition coefficient (Wildman–Crippen LogP) is 3.40. The molecule has 7 heteroatoms. The van der Waals surface area contributed by atoms with E-state index in [-0.39, 0.29) is 6.04 Å². The molecule has 0 amide bonds. The van der Waals surface area contributed by atoms with Crippen LogP contribution in [0, 0.1) is 5.41 Å². The average Bonchev–Trinajstić information content (AvgIpc) is 3.31. The number of allylic oxidation sites excluding steroid dienone is 1. The minimum Gasteiger partial charge on any atom is -0.385 e. The third-order valence-corrected chi connectivity index (χ3v) is 5.53. The van der Waals surface area contributed by atoms with E-state index in [2.05, 4.69) is 35.4 Å². The summed E-state index contributed by atoms with van der Waals surface area (Å²) in [5, 5.41) is 10.4. The van der Waals surface area contributed by atoms with Crippen molar-refractivity contribution >= 4 is 40.2 Å². The van der Waals surface area contributed by atoms with Crippen LogP contribution in [0.15, 0.2) is 41.9 Å². The molecule has 3 aromatic heterocycles. The highest BCUT2D eigenvalue weighted by Gasteiger charge is 2.23. The molecule has 0 aliphatic carbocycles. The smallest absolute Gasteiger partial charge is 0.148 e. The van der Waals surface area contributed by atoms with Crippen LogP contribution in [0.25, 0.3) is 27.3 Å². The van der Waals surface area contributed by atoms with Crippen LogP contribution in [0.5, 0.6) is 0 Å². The first-order chi connectivity index (χ1) is 12.7.